The van der Waals surface area contributed by atoms with E-state index in [1.54, 1.807) is 88.4 Å². The summed E-state index contributed by atoms with van der Waals surface area (Å²) >= 11 is 0. The largest absolute Gasteiger partial charge is 0.481 e. The zero-order valence-electron chi connectivity index (χ0n) is 57.5. The van der Waals surface area contributed by atoms with Gasteiger partial charge < -0.3 is 90.4 Å². The molecule has 0 aliphatic rings. The van der Waals surface area contributed by atoms with Gasteiger partial charge in [0.15, 0.2) is 0 Å². The van der Waals surface area contributed by atoms with Gasteiger partial charge in [-0.05, 0) is 114 Å². The van der Waals surface area contributed by atoms with E-state index in [9.17, 15) is 92.3 Å². The molecule has 11 amide bonds. The van der Waals surface area contributed by atoms with Crippen molar-refractivity contribution in [2.75, 3.05) is 6.54 Å². The second kappa shape index (κ2) is 45.8. The Kier molecular flexibility index (Phi) is 39.6. The smallest absolute Gasteiger partial charge is 0.305 e. The van der Waals surface area contributed by atoms with Crippen LogP contribution < -0.4 is 70.0 Å². The molecule has 0 spiro atoms. The van der Waals surface area contributed by atoms with Gasteiger partial charge >= 0.3 is 23.9 Å². The van der Waals surface area contributed by atoms with Crippen LogP contribution >= 0.6 is 0 Å². The first-order chi connectivity index (χ1) is 46.7. The molecular formula is C67H103N13O19. The number of carbonyl (C=O) groups is 15. The summed E-state index contributed by atoms with van der Waals surface area (Å²) in [5, 5.41) is 66.8. The molecule has 0 aliphatic heterocycles. The number of nitrogens with one attached hydrogen (secondary N) is 11. The number of carbonyl (C=O) groups excluding carboxylic acids is 11. The number of unbranched alkanes of at least 4 members (excludes halogenated alkanes) is 2. The number of hydrogen-bond donors (Lipinski definition) is 17. The van der Waals surface area contributed by atoms with Crippen molar-refractivity contribution in [1.82, 2.24) is 58.5 Å². The Morgan fingerprint density at radius 2 is 0.737 bits per heavy atom. The Balaban J connectivity index is 2.56. The number of rotatable bonds is 50. The normalized spacial score (nSPS) is 14.4. The first-order valence-electron chi connectivity index (χ1n) is 33.5. The highest BCUT2D eigenvalue weighted by Gasteiger charge is 2.37. The van der Waals surface area contributed by atoms with Gasteiger partial charge in [0.05, 0.1) is 12.5 Å². The molecule has 0 fully saturated rings. The summed E-state index contributed by atoms with van der Waals surface area (Å²) in [6, 6.07) is 2.26. The Morgan fingerprint density at radius 3 is 1.11 bits per heavy atom. The standard InChI is InChI=1S/C67H103N13O19/c1-8-9-22-44(60(92)77-49(28-32-55(84)85)65(97)78-50(29-33-56(86)87)64(96)76-48(27-31-54(82)83)59(91)72-41(7)58(90)71-40(6)39(4)5)73-63(95)47(26-30-53(69)81)75-61(93)45(23-16-17-34-68)74-62(94)46(25-24-42-18-12-10-13-19-42)79-67(99)52(35-38(2)3)80-66(98)51(36-57(88)89)70-37-43-20-14-11-15-21-43/h10-15,18-21,38-41,44-52,70H,8-9,16-17,22-37,68H2,1-7H3,(H2,69,81)(H,71,90)(H,72,91)(H,73,95)(H,74,94)(H,75,93)(H,76,96)(H,77,92)(H,78,97)(H,79,99)(H,80,98)(H,82,83)(H,84,85)(H,86,87)(H,88,89)/t40-,41+,44+,45+,46-,47+,48+,49+,50+,51+,52+/m1/s1. The summed E-state index contributed by atoms with van der Waals surface area (Å²) in [6.07, 6.45) is -4.50. The number of aliphatic carboxylic acids is 4. The zero-order valence-corrected chi connectivity index (χ0v) is 57.5. The monoisotopic (exact) mass is 1390 g/mol. The van der Waals surface area contributed by atoms with Crippen LogP contribution in [0.25, 0.3) is 0 Å². The van der Waals surface area contributed by atoms with Crippen molar-refractivity contribution in [2.45, 2.75) is 237 Å². The van der Waals surface area contributed by atoms with Gasteiger partial charge in [-0.2, -0.15) is 0 Å². The van der Waals surface area contributed by atoms with Crippen molar-refractivity contribution in [3.05, 3.63) is 71.8 Å². The predicted octanol–water partition coefficient (Wildman–Crippen LogP) is 0.0213. The fraction of sp³-hybridized carbons (Fsp3) is 0.597. The van der Waals surface area contributed by atoms with Crippen LogP contribution in [0.4, 0.5) is 0 Å². The van der Waals surface area contributed by atoms with Gasteiger partial charge in [-0.25, -0.2) is 0 Å². The molecule has 0 aromatic heterocycles. The van der Waals surface area contributed by atoms with Gasteiger partial charge in [0, 0.05) is 38.3 Å². The molecule has 0 saturated carbocycles. The average molecular weight is 1390 g/mol. The first kappa shape index (κ1) is 85.5. The highest BCUT2D eigenvalue weighted by Crippen LogP contribution is 2.15. The van der Waals surface area contributed by atoms with Gasteiger partial charge in [0.1, 0.15) is 54.4 Å². The lowest BCUT2D eigenvalue weighted by atomic mass is 10.00. The summed E-state index contributed by atoms with van der Waals surface area (Å²) in [5.41, 5.74) is 12.9. The van der Waals surface area contributed by atoms with E-state index in [-0.39, 0.29) is 75.9 Å². The molecule has 2 aromatic rings. The van der Waals surface area contributed by atoms with Crippen LogP contribution in [0.3, 0.4) is 0 Å². The highest BCUT2D eigenvalue weighted by molar-refractivity contribution is 5.99. The zero-order chi connectivity index (χ0) is 74.3. The van der Waals surface area contributed by atoms with Crippen LogP contribution in [0.2, 0.25) is 0 Å². The van der Waals surface area contributed by atoms with Gasteiger partial charge in [-0.15, -0.1) is 0 Å². The minimum atomic E-state index is -1.83. The van der Waals surface area contributed by atoms with Gasteiger partial charge in [0.2, 0.25) is 65.0 Å². The molecule has 11 atom stereocenters. The topological polar surface area (TPSA) is 521 Å². The van der Waals surface area contributed by atoms with E-state index in [2.05, 4.69) is 58.5 Å². The van der Waals surface area contributed by atoms with Crippen molar-refractivity contribution in [2.24, 2.45) is 23.3 Å². The van der Waals surface area contributed by atoms with E-state index in [1.165, 1.54) is 6.92 Å². The summed E-state index contributed by atoms with van der Waals surface area (Å²) in [6.45, 7) is 12.4. The van der Waals surface area contributed by atoms with Gasteiger partial charge in [-0.3, -0.25) is 71.9 Å². The Labute approximate surface area is 576 Å². The van der Waals surface area contributed by atoms with Crippen LogP contribution in [0.5, 0.6) is 0 Å². The van der Waals surface area contributed by atoms with Crippen molar-refractivity contribution >= 4 is 88.9 Å². The van der Waals surface area contributed by atoms with Crippen LogP contribution in [0.1, 0.15) is 169 Å². The number of nitrogens with two attached hydrogens (primary N) is 2. The number of hydrogen-bond acceptors (Lipinski definition) is 17. The number of amides is 11. The molecule has 2 aromatic carbocycles. The molecule has 99 heavy (non-hydrogen) atoms. The second-order valence-corrected chi connectivity index (χ2v) is 25.2. The Hall–Kier alpha value is -9.59. The third-order valence-corrected chi connectivity index (χ3v) is 16.0. The summed E-state index contributed by atoms with van der Waals surface area (Å²) in [4.78, 5) is 201. The van der Waals surface area contributed by atoms with Gasteiger partial charge in [-0.1, -0.05) is 108 Å². The lowest BCUT2D eigenvalue weighted by Crippen LogP contribution is -2.60. The van der Waals surface area contributed by atoms with E-state index >= 15 is 0 Å². The van der Waals surface area contributed by atoms with Crippen LogP contribution in [-0.4, -0.2) is 182 Å². The third kappa shape index (κ3) is 35.0. The lowest BCUT2D eigenvalue weighted by molar-refractivity contribution is -0.140. The highest BCUT2D eigenvalue weighted by atomic mass is 16.4. The molecule has 0 aliphatic carbocycles. The van der Waals surface area contributed by atoms with E-state index in [4.69, 9.17) is 11.5 Å². The minimum absolute atomic E-state index is 0.00898. The fourth-order valence-electron chi connectivity index (χ4n) is 9.87. The van der Waals surface area contributed by atoms with Crippen molar-refractivity contribution in [3.63, 3.8) is 0 Å². The van der Waals surface area contributed by atoms with E-state index in [0.29, 0.717) is 12.8 Å². The molecule has 32 nitrogen and oxygen atoms in total. The number of carboxylic acids is 4. The summed E-state index contributed by atoms with van der Waals surface area (Å²) in [7, 11) is 0. The van der Waals surface area contributed by atoms with Crippen molar-refractivity contribution < 1.29 is 92.3 Å². The molecule has 0 bridgehead atoms. The maximum atomic E-state index is 14.7. The SMILES string of the molecule is CCCC[C@H](NC(=O)[C@H](CCC(N)=O)NC(=O)[C@H](CCCCN)NC(=O)[C@@H](CCc1ccccc1)NC(=O)[C@H](CC(C)C)NC(=O)[C@H](CC(=O)O)NCc1ccccc1)C(=O)N[C@@H](CCC(=O)O)C(=O)N[C@@H](CCC(=O)O)C(=O)N[C@@H](CCC(=O)O)C(=O)N[C@@H](C)C(=O)N[C@H](C)C(C)C. The minimum Gasteiger partial charge on any atom is -0.481 e. The maximum absolute atomic E-state index is 14.7. The molecule has 550 valence electrons. The van der Waals surface area contributed by atoms with Crippen LogP contribution in [0, 0.1) is 11.8 Å². The third-order valence-electron chi connectivity index (χ3n) is 16.0. The number of carboxylic acid groups (broad SMARTS) is 4. The summed E-state index contributed by atoms with van der Waals surface area (Å²) in [5.74, 6) is -16.3. The molecular weight excluding hydrogens is 1290 g/mol. The van der Waals surface area contributed by atoms with Crippen LogP contribution in [0.15, 0.2) is 60.7 Å². The van der Waals surface area contributed by atoms with E-state index in [0.717, 1.165) is 11.1 Å². The molecule has 0 heterocycles. The molecule has 0 radical (unpaired) electrons. The predicted molar refractivity (Wildman–Crippen MR) is 361 cm³/mol. The molecule has 19 N–H and O–H groups in total. The second-order valence-electron chi connectivity index (χ2n) is 25.2. The van der Waals surface area contributed by atoms with Gasteiger partial charge in [0.25, 0.3) is 0 Å². The average Bonchev–Trinajstić information content (AvgIpc) is 0.869. The van der Waals surface area contributed by atoms with E-state index < -0.39 is 207 Å². The molecule has 0 saturated heterocycles. The number of primary amides is 1. The quantitative estimate of drug-likeness (QED) is 0.0388. The summed E-state index contributed by atoms with van der Waals surface area (Å²) < 4.78 is 0. The lowest BCUT2D eigenvalue weighted by Gasteiger charge is -2.28. The van der Waals surface area contributed by atoms with Crippen molar-refractivity contribution in [3.8, 4) is 0 Å². The Morgan fingerprint density at radius 1 is 0.384 bits per heavy atom. The fourth-order valence-corrected chi connectivity index (χ4v) is 9.87. The maximum Gasteiger partial charge on any atom is 0.305 e. The van der Waals surface area contributed by atoms with Crippen LogP contribution in [-0.2, 0) is 84.9 Å². The first-order valence-corrected chi connectivity index (χ1v) is 33.5. The number of aryl methyl sites for hydroxylation is 1. The molecule has 32 heteroatoms. The Bertz CT molecular complexity index is 3010. The van der Waals surface area contributed by atoms with E-state index in [1.807, 2.05) is 13.8 Å². The number of benzene rings is 2. The molecule has 0 unspecified atom stereocenters. The van der Waals surface area contributed by atoms with Crippen molar-refractivity contribution in [1.29, 1.82) is 0 Å². The molecule has 2 rings (SSSR count).